The molecule has 3 nitrogen and oxygen atoms in total. The number of fused-ring (bicyclic) bond motifs is 1. The fourth-order valence-electron chi connectivity index (χ4n) is 1.83. The highest BCUT2D eigenvalue weighted by molar-refractivity contribution is 5.71. The first kappa shape index (κ1) is 6.95. The number of nitrogens with zero attached hydrogens (tertiary/aromatic N) is 1. The molecule has 1 amide bonds. The molecule has 2 atom stereocenters. The van der Waals surface area contributed by atoms with Crippen molar-refractivity contribution in [2.24, 2.45) is 0 Å². The molecular weight excluding hydrogens is 142 g/mol. The summed E-state index contributed by atoms with van der Waals surface area (Å²) in [7, 11) is 0. The lowest BCUT2D eigenvalue weighted by atomic mass is 9.88. The van der Waals surface area contributed by atoms with Crippen LogP contribution in [-0.4, -0.2) is 29.2 Å². The smallest absolute Gasteiger partial charge is 0.410 e. The maximum absolute atomic E-state index is 11.2. The van der Waals surface area contributed by atoms with Crippen molar-refractivity contribution in [3.05, 3.63) is 0 Å². The van der Waals surface area contributed by atoms with Gasteiger partial charge < -0.3 is 4.74 Å². The summed E-state index contributed by atoms with van der Waals surface area (Å²) in [4.78, 5) is 13.0. The minimum atomic E-state index is -0.118. The van der Waals surface area contributed by atoms with Crippen molar-refractivity contribution in [1.29, 1.82) is 0 Å². The number of amides is 1. The lowest BCUT2D eigenvalue weighted by Gasteiger charge is -2.33. The van der Waals surface area contributed by atoms with Crippen LogP contribution >= 0.6 is 0 Å². The number of hydrogen-bond donors (Lipinski definition) is 0. The summed E-state index contributed by atoms with van der Waals surface area (Å²) in [5.74, 6) is 0. The highest BCUT2D eigenvalue weighted by atomic mass is 16.6. The largest absolute Gasteiger partial charge is 0.444 e. The van der Waals surface area contributed by atoms with Gasteiger partial charge in [0.15, 0.2) is 0 Å². The lowest BCUT2D eigenvalue weighted by Crippen LogP contribution is -2.46. The number of carbonyl (C=O) groups is 1. The molecule has 0 aromatic carbocycles. The Bertz CT molecular complexity index is 191. The van der Waals surface area contributed by atoms with Gasteiger partial charge in [0.25, 0.3) is 0 Å². The van der Waals surface area contributed by atoms with E-state index in [9.17, 15) is 4.79 Å². The summed E-state index contributed by atoms with van der Waals surface area (Å²) in [6.07, 6.45) is 2.27. The van der Waals surface area contributed by atoms with Gasteiger partial charge in [-0.15, -0.1) is 0 Å². The van der Waals surface area contributed by atoms with E-state index in [-0.39, 0.29) is 18.2 Å². The van der Waals surface area contributed by atoms with E-state index < -0.39 is 0 Å². The van der Waals surface area contributed by atoms with E-state index in [2.05, 4.69) is 0 Å². The van der Waals surface area contributed by atoms with Gasteiger partial charge in [-0.25, -0.2) is 4.79 Å². The molecule has 0 bridgehead atoms. The quantitative estimate of drug-likeness (QED) is 0.572. The van der Waals surface area contributed by atoms with E-state index in [1.807, 2.05) is 18.7 Å². The van der Waals surface area contributed by atoms with Gasteiger partial charge in [-0.05, 0) is 26.7 Å². The maximum atomic E-state index is 11.2. The third-order valence-electron chi connectivity index (χ3n) is 2.55. The molecule has 0 aromatic rings. The van der Waals surface area contributed by atoms with Crippen LogP contribution in [0, 0.1) is 0 Å². The predicted molar refractivity (Wildman–Crippen MR) is 40.3 cm³/mol. The standard InChI is InChI=1S/C8H13NO2/c1-5(2)9-6-3-4-7(6)11-8(9)10/h5-7H,3-4H2,1-2H3/t6-,7+/m1/s1. The van der Waals surface area contributed by atoms with Crippen molar-refractivity contribution in [3.8, 4) is 0 Å². The summed E-state index contributed by atoms with van der Waals surface area (Å²) >= 11 is 0. The fourth-order valence-corrected chi connectivity index (χ4v) is 1.83. The molecule has 0 unspecified atom stereocenters. The van der Waals surface area contributed by atoms with Crippen LogP contribution in [0.25, 0.3) is 0 Å². The van der Waals surface area contributed by atoms with Crippen LogP contribution < -0.4 is 0 Å². The predicted octanol–water partition coefficient (Wildman–Crippen LogP) is 1.38. The van der Waals surface area contributed by atoms with Crippen LogP contribution in [0.15, 0.2) is 0 Å². The van der Waals surface area contributed by atoms with E-state index >= 15 is 0 Å². The Morgan fingerprint density at radius 2 is 2.27 bits per heavy atom. The summed E-state index contributed by atoms with van der Waals surface area (Å²) < 4.78 is 5.12. The molecule has 0 aromatic heterocycles. The molecule has 2 fully saturated rings. The molecular formula is C8H13NO2. The van der Waals surface area contributed by atoms with E-state index in [0.29, 0.717) is 6.04 Å². The van der Waals surface area contributed by atoms with Crippen molar-refractivity contribution in [1.82, 2.24) is 4.90 Å². The van der Waals surface area contributed by atoms with E-state index in [4.69, 9.17) is 4.74 Å². The molecule has 0 N–H and O–H groups in total. The molecule has 1 aliphatic carbocycles. The minimum absolute atomic E-state index is 0.118. The molecule has 2 aliphatic rings. The van der Waals surface area contributed by atoms with Crippen LogP contribution in [0.4, 0.5) is 4.79 Å². The topological polar surface area (TPSA) is 29.5 Å². The zero-order valence-electron chi connectivity index (χ0n) is 6.91. The third-order valence-corrected chi connectivity index (χ3v) is 2.55. The molecule has 1 heterocycles. The molecule has 0 spiro atoms. The SMILES string of the molecule is CC(C)N1C(=O)O[C@H]2CC[C@H]21. The molecule has 1 saturated carbocycles. The summed E-state index contributed by atoms with van der Waals surface area (Å²) in [5, 5.41) is 0. The Labute approximate surface area is 66.3 Å². The normalized spacial score (nSPS) is 35.2. The second-order valence-electron chi connectivity index (χ2n) is 3.57. The first-order valence-corrected chi connectivity index (χ1v) is 4.19. The number of hydrogen-bond acceptors (Lipinski definition) is 2. The van der Waals surface area contributed by atoms with Gasteiger partial charge in [-0.1, -0.05) is 0 Å². The number of ether oxygens (including phenoxy) is 1. The zero-order valence-corrected chi connectivity index (χ0v) is 6.91. The van der Waals surface area contributed by atoms with Gasteiger partial charge in [-0.3, -0.25) is 4.90 Å². The van der Waals surface area contributed by atoms with Crippen LogP contribution in [0.5, 0.6) is 0 Å². The highest BCUT2D eigenvalue weighted by Gasteiger charge is 2.48. The molecule has 1 aliphatic heterocycles. The second kappa shape index (κ2) is 2.13. The number of rotatable bonds is 1. The second-order valence-corrected chi connectivity index (χ2v) is 3.57. The molecule has 11 heavy (non-hydrogen) atoms. The summed E-state index contributed by atoms with van der Waals surface area (Å²) in [5.41, 5.74) is 0. The van der Waals surface area contributed by atoms with Gasteiger partial charge in [0.2, 0.25) is 0 Å². The molecule has 2 rings (SSSR count). The van der Waals surface area contributed by atoms with Crippen molar-refractivity contribution < 1.29 is 9.53 Å². The van der Waals surface area contributed by atoms with Crippen LogP contribution in [-0.2, 0) is 4.74 Å². The molecule has 1 saturated heterocycles. The Morgan fingerprint density at radius 1 is 1.55 bits per heavy atom. The zero-order chi connectivity index (χ0) is 8.01. The van der Waals surface area contributed by atoms with Crippen LogP contribution in [0.2, 0.25) is 0 Å². The van der Waals surface area contributed by atoms with Crippen molar-refractivity contribution >= 4 is 6.09 Å². The van der Waals surface area contributed by atoms with Gasteiger partial charge in [0, 0.05) is 6.04 Å². The molecule has 62 valence electrons. The maximum Gasteiger partial charge on any atom is 0.410 e. The molecule has 3 heteroatoms. The summed E-state index contributed by atoms with van der Waals surface area (Å²) in [6, 6.07) is 0.681. The Kier molecular flexibility index (Phi) is 1.34. The van der Waals surface area contributed by atoms with Gasteiger partial charge in [0.05, 0.1) is 6.04 Å². The lowest BCUT2D eigenvalue weighted by molar-refractivity contribution is 0.0817. The van der Waals surface area contributed by atoms with Crippen LogP contribution in [0.1, 0.15) is 26.7 Å². The van der Waals surface area contributed by atoms with Gasteiger partial charge in [0.1, 0.15) is 6.10 Å². The average molecular weight is 155 g/mol. The average Bonchev–Trinajstić information content (AvgIpc) is 2.10. The van der Waals surface area contributed by atoms with Crippen molar-refractivity contribution in [2.45, 2.75) is 44.9 Å². The van der Waals surface area contributed by atoms with Crippen LogP contribution in [0.3, 0.4) is 0 Å². The Morgan fingerprint density at radius 3 is 2.55 bits per heavy atom. The fraction of sp³-hybridized carbons (Fsp3) is 0.875. The first-order chi connectivity index (χ1) is 5.20. The van der Waals surface area contributed by atoms with Crippen molar-refractivity contribution in [3.63, 3.8) is 0 Å². The third kappa shape index (κ3) is 0.832. The van der Waals surface area contributed by atoms with E-state index in [0.717, 1.165) is 12.8 Å². The van der Waals surface area contributed by atoms with Crippen molar-refractivity contribution in [2.75, 3.05) is 0 Å². The Hall–Kier alpha value is -0.730. The number of carbonyl (C=O) groups excluding carboxylic acids is 1. The first-order valence-electron chi connectivity index (χ1n) is 4.19. The van der Waals surface area contributed by atoms with Gasteiger partial charge >= 0.3 is 6.09 Å². The van der Waals surface area contributed by atoms with Gasteiger partial charge in [-0.2, -0.15) is 0 Å². The monoisotopic (exact) mass is 155 g/mol. The van der Waals surface area contributed by atoms with E-state index in [1.165, 1.54) is 0 Å². The summed E-state index contributed by atoms with van der Waals surface area (Å²) in [6.45, 7) is 4.06. The minimum Gasteiger partial charge on any atom is -0.444 e. The molecule has 0 radical (unpaired) electrons. The van der Waals surface area contributed by atoms with E-state index in [1.54, 1.807) is 0 Å². The Balaban J connectivity index is 2.13. The highest BCUT2D eigenvalue weighted by Crippen LogP contribution is 2.36.